The van der Waals surface area contributed by atoms with Gasteiger partial charge >= 0.3 is 0 Å². The second-order valence-corrected chi connectivity index (χ2v) is 7.02. The summed E-state index contributed by atoms with van der Waals surface area (Å²) in [6.45, 7) is 5.71. The lowest BCUT2D eigenvalue weighted by molar-refractivity contribution is -0.00546. The minimum atomic E-state index is 0.151. The number of nitrogens with zero attached hydrogens (tertiary/aromatic N) is 4. The summed E-state index contributed by atoms with van der Waals surface area (Å²) < 4.78 is 5.82. The zero-order valence-electron chi connectivity index (χ0n) is 15.9. The van der Waals surface area contributed by atoms with Gasteiger partial charge in [0.2, 0.25) is 0 Å². The number of morpholine rings is 1. The molecule has 0 spiro atoms. The van der Waals surface area contributed by atoms with Crippen LogP contribution in [0.1, 0.15) is 19.4 Å². The largest absolute Gasteiger partial charge is 0.404 e. The molecule has 0 radical (unpaired) electrons. The quantitative estimate of drug-likeness (QED) is 0.602. The van der Waals surface area contributed by atoms with E-state index in [1.807, 2.05) is 24.3 Å². The van der Waals surface area contributed by atoms with Crippen LogP contribution in [0.5, 0.6) is 0 Å². The molecular formula is C20H23N7O. The minimum absolute atomic E-state index is 0.151. The van der Waals surface area contributed by atoms with Gasteiger partial charge in [0, 0.05) is 42.5 Å². The second kappa shape index (κ2) is 7.40. The average Bonchev–Trinajstić information content (AvgIpc) is 3.12. The molecule has 0 amide bonds. The maximum absolute atomic E-state index is 7.53. The molecule has 2 aromatic heterocycles. The van der Waals surface area contributed by atoms with E-state index in [9.17, 15) is 0 Å². The lowest BCUT2D eigenvalue weighted by atomic mass is 10.0. The van der Waals surface area contributed by atoms with Gasteiger partial charge < -0.3 is 20.8 Å². The Labute approximate surface area is 162 Å². The SMILES string of the molecule is CC1CN(c2cc(-c3n[nH]c4ccc(/C(C=N)=C/N)cc34)ncn2)CC(C)O1. The van der Waals surface area contributed by atoms with Crippen molar-refractivity contribution in [1.29, 1.82) is 5.41 Å². The Morgan fingerprint density at radius 3 is 2.75 bits per heavy atom. The van der Waals surface area contributed by atoms with E-state index in [2.05, 4.69) is 38.9 Å². The first-order chi connectivity index (χ1) is 13.6. The number of aromatic nitrogens is 4. The summed E-state index contributed by atoms with van der Waals surface area (Å²) in [5.41, 5.74) is 9.53. The molecule has 144 valence electrons. The van der Waals surface area contributed by atoms with Crippen LogP contribution in [0.3, 0.4) is 0 Å². The first-order valence-electron chi connectivity index (χ1n) is 9.22. The van der Waals surface area contributed by atoms with Crippen LogP contribution in [0, 0.1) is 5.41 Å². The zero-order valence-corrected chi connectivity index (χ0v) is 15.9. The van der Waals surface area contributed by atoms with E-state index in [4.69, 9.17) is 15.9 Å². The van der Waals surface area contributed by atoms with Crippen molar-refractivity contribution in [2.45, 2.75) is 26.1 Å². The van der Waals surface area contributed by atoms with Crippen LogP contribution in [0.15, 0.2) is 36.8 Å². The normalized spacial score (nSPS) is 20.5. The molecule has 1 aliphatic rings. The number of allylic oxidation sites excluding steroid dienone is 1. The number of fused-ring (bicyclic) bond motifs is 1. The van der Waals surface area contributed by atoms with Crippen LogP contribution >= 0.6 is 0 Å². The molecule has 4 N–H and O–H groups in total. The van der Waals surface area contributed by atoms with E-state index < -0.39 is 0 Å². The number of nitrogens with two attached hydrogens (primary N) is 1. The molecule has 28 heavy (non-hydrogen) atoms. The highest BCUT2D eigenvalue weighted by Gasteiger charge is 2.24. The highest BCUT2D eigenvalue weighted by Crippen LogP contribution is 2.29. The van der Waals surface area contributed by atoms with Gasteiger partial charge in [-0.3, -0.25) is 5.10 Å². The molecule has 2 atom stereocenters. The Morgan fingerprint density at radius 1 is 1.25 bits per heavy atom. The second-order valence-electron chi connectivity index (χ2n) is 7.02. The van der Waals surface area contributed by atoms with E-state index in [1.165, 1.54) is 12.4 Å². The molecule has 0 bridgehead atoms. The summed E-state index contributed by atoms with van der Waals surface area (Å²) >= 11 is 0. The van der Waals surface area contributed by atoms with Gasteiger partial charge in [0.1, 0.15) is 17.8 Å². The third kappa shape index (κ3) is 3.34. The van der Waals surface area contributed by atoms with Crippen molar-refractivity contribution in [3.05, 3.63) is 42.4 Å². The zero-order chi connectivity index (χ0) is 19.7. The van der Waals surface area contributed by atoms with E-state index in [-0.39, 0.29) is 12.2 Å². The van der Waals surface area contributed by atoms with Crippen LogP contribution < -0.4 is 10.6 Å². The molecule has 0 aliphatic carbocycles. The summed E-state index contributed by atoms with van der Waals surface area (Å²) in [4.78, 5) is 11.1. The third-order valence-electron chi connectivity index (χ3n) is 4.87. The number of rotatable bonds is 4. The van der Waals surface area contributed by atoms with Gasteiger partial charge in [0.25, 0.3) is 0 Å². The molecule has 2 unspecified atom stereocenters. The molecule has 1 fully saturated rings. The van der Waals surface area contributed by atoms with Crippen LogP contribution in [0.25, 0.3) is 27.9 Å². The standard InChI is InChI=1S/C20H23N7O/c1-12-9-27(10-13(2)28-12)19-6-18(23-11-24-19)20-16-5-14(15(7-21)8-22)3-4-17(16)25-26-20/h3-8,11-13,21H,9-10,22H2,1-2H3,(H,25,26)/b15-8+,21-7?. The molecule has 4 rings (SSSR count). The Balaban J connectivity index is 1.74. The summed E-state index contributed by atoms with van der Waals surface area (Å²) in [6.07, 6.45) is 4.54. The molecular weight excluding hydrogens is 354 g/mol. The Hall–Kier alpha value is -3.26. The van der Waals surface area contributed by atoms with Gasteiger partial charge in [-0.15, -0.1) is 0 Å². The molecule has 1 aromatic carbocycles. The molecule has 3 aromatic rings. The first-order valence-corrected chi connectivity index (χ1v) is 9.22. The van der Waals surface area contributed by atoms with Crippen LogP contribution in [0.2, 0.25) is 0 Å². The number of H-pyrrole nitrogens is 1. The lowest BCUT2D eigenvalue weighted by Crippen LogP contribution is -2.45. The van der Waals surface area contributed by atoms with E-state index in [0.29, 0.717) is 5.57 Å². The fourth-order valence-corrected chi connectivity index (χ4v) is 3.63. The molecule has 3 heterocycles. The first kappa shape index (κ1) is 18.1. The number of hydrogen-bond acceptors (Lipinski definition) is 7. The maximum atomic E-state index is 7.53. The van der Waals surface area contributed by atoms with Gasteiger partial charge in [-0.25, -0.2) is 9.97 Å². The molecule has 8 heteroatoms. The predicted molar refractivity (Wildman–Crippen MR) is 110 cm³/mol. The number of benzene rings is 1. The summed E-state index contributed by atoms with van der Waals surface area (Å²) in [5.74, 6) is 0.862. The maximum Gasteiger partial charge on any atom is 0.132 e. The van der Waals surface area contributed by atoms with E-state index in [0.717, 1.165) is 46.8 Å². The molecule has 8 nitrogen and oxygen atoms in total. The van der Waals surface area contributed by atoms with Gasteiger partial charge in [-0.05, 0) is 31.5 Å². The summed E-state index contributed by atoms with van der Waals surface area (Å²) in [7, 11) is 0. The monoisotopic (exact) mass is 377 g/mol. The lowest BCUT2D eigenvalue weighted by Gasteiger charge is -2.36. The van der Waals surface area contributed by atoms with Gasteiger partial charge in [-0.1, -0.05) is 6.07 Å². The average molecular weight is 377 g/mol. The van der Waals surface area contributed by atoms with Crippen molar-refractivity contribution in [2.24, 2.45) is 5.73 Å². The van der Waals surface area contributed by atoms with Crippen molar-refractivity contribution in [3.63, 3.8) is 0 Å². The van der Waals surface area contributed by atoms with Gasteiger partial charge in [0.05, 0.1) is 23.4 Å². The van der Waals surface area contributed by atoms with Crippen molar-refractivity contribution < 1.29 is 4.74 Å². The highest BCUT2D eigenvalue weighted by atomic mass is 16.5. The number of nitrogens with one attached hydrogen (secondary N) is 2. The summed E-state index contributed by atoms with van der Waals surface area (Å²) in [5, 5.41) is 16.0. The van der Waals surface area contributed by atoms with Gasteiger partial charge in [0.15, 0.2) is 0 Å². The number of ether oxygens (including phenoxy) is 1. The fraction of sp³-hybridized carbons (Fsp3) is 0.300. The van der Waals surface area contributed by atoms with Crippen LogP contribution in [0.4, 0.5) is 5.82 Å². The van der Waals surface area contributed by atoms with Crippen molar-refractivity contribution in [3.8, 4) is 11.4 Å². The smallest absolute Gasteiger partial charge is 0.132 e. The van der Waals surface area contributed by atoms with E-state index >= 15 is 0 Å². The Bertz CT molecular complexity index is 1030. The van der Waals surface area contributed by atoms with E-state index in [1.54, 1.807) is 6.33 Å². The number of hydrogen-bond donors (Lipinski definition) is 3. The van der Waals surface area contributed by atoms with Crippen molar-refractivity contribution >= 4 is 28.5 Å². The summed E-state index contributed by atoms with van der Waals surface area (Å²) in [6, 6.07) is 7.78. The Morgan fingerprint density at radius 2 is 2.04 bits per heavy atom. The fourth-order valence-electron chi connectivity index (χ4n) is 3.63. The third-order valence-corrected chi connectivity index (χ3v) is 4.87. The topological polar surface area (TPSA) is 117 Å². The molecule has 0 saturated carbocycles. The van der Waals surface area contributed by atoms with Crippen molar-refractivity contribution in [2.75, 3.05) is 18.0 Å². The number of aromatic amines is 1. The van der Waals surface area contributed by atoms with Gasteiger partial charge in [-0.2, -0.15) is 5.10 Å². The van der Waals surface area contributed by atoms with Crippen LogP contribution in [-0.4, -0.2) is 51.7 Å². The number of anilines is 1. The highest BCUT2D eigenvalue weighted by molar-refractivity contribution is 6.09. The minimum Gasteiger partial charge on any atom is -0.404 e. The van der Waals surface area contributed by atoms with Crippen molar-refractivity contribution in [1.82, 2.24) is 20.2 Å². The van der Waals surface area contributed by atoms with Crippen LogP contribution in [-0.2, 0) is 4.74 Å². The molecule has 1 aliphatic heterocycles. The predicted octanol–water partition coefficient (Wildman–Crippen LogP) is 2.58. The molecule has 1 saturated heterocycles. The Kier molecular flexibility index (Phi) is 4.79.